The van der Waals surface area contributed by atoms with Crippen LogP contribution in [0.15, 0.2) is 0 Å². The largest absolute Gasteiger partial charge is 0.359 e. The number of nitrogens with zero attached hydrogens (tertiary/aromatic N) is 4. The monoisotopic (exact) mass is 212 g/mol. The van der Waals surface area contributed by atoms with Crippen LogP contribution in [0.5, 0.6) is 0 Å². The summed E-state index contributed by atoms with van der Waals surface area (Å²) in [6, 6.07) is 0. The number of nitrogens with one attached hydrogen (secondary N) is 2. The summed E-state index contributed by atoms with van der Waals surface area (Å²) < 4.78 is 0. The Morgan fingerprint density at radius 3 is 2.80 bits per heavy atom. The molecule has 0 saturated carbocycles. The molecule has 0 aromatic carbocycles. The van der Waals surface area contributed by atoms with Crippen molar-refractivity contribution in [1.29, 1.82) is 0 Å². The van der Waals surface area contributed by atoms with E-state index in [-0.39, 0.29) is 24.1 Å². The van der Waals surface area contributed by atoms with E-state index in [1.54, 1.807) is 14.1 Å². The summed E-state index contributed by atoms with van der Waals surface area (Å²) in [4.78, 5) is 23.8. The summed E-state index contributed by atoms with van der Waals surface area (Å²) in [7, 11) is 3.12. The third-order valence-electron chi connectivity index (χ3n) is 1.84. The second-order valence-electron chi connectivity index (χ2n) is 2.89. The number of hydrogen-bond acceptors (Lipinski definition) is 5. The summed E-state index contributed by atoms with van der Waals surface area (Å²) in [6.07, 6.45) is 0.247. The molecule has 0 spiro atoms. The van der Waals surface area contributed by atoms with Crippen molar-refractivity contribution >= 4 is 11.8 Å². The molecule has 0 bridgehead atoms. The first-order valence-corrected chi connectivity index (χ1v) is 4.34. The molecule has 15 heavy (non-hydrogen) atoms. The van der Waals surface area contributed by atoms with Crippen LogP contribution in [0.3, 0.4) is 0 Å². The molecule has 0 aliphatic carbocycles. The first kappa shape index (κ1) is 11.1. The third-order valence-corrected chi connectivity index (χ3v) is 1.84. The Bertz CT molecular complexity index is 335. The highest BCUT2D eigenvalue weighted by Crippen LogP contribution is 1.95. The van der Waals surface area contributed by atoms with E-state index < -0.39 is 0 Å². The third kappa shape index (κ3) is 3.01. The van der Waals surface area contributed by atoms with Gasteiger partial charge in [-0.1, -0.05) is 0 Å². The maximum absolute atomic E-state index is 11.5. The second-order valence-corrected chi connectivity index (χ2v) is 2.89. The van der Waals surface area contributed by atoms with Gasteiger partial charge in [-0.3, -0.25) is 9.59 Å². The standard InChI is InChI=1S/C7H12N6O2/c1-8-5(14)3-4-13(2)7(15)6-9-11-12-10-6/h3-4H2,1-2H3,(H,8,14)(H,9,10,11,12). The summed E-state index contributed by atoms with van der Waals surface area (Å²) in [5.74, 6) is -0.496. The predicted molar refractivity (Wildman–Crippen MR) is 49.8 cm³/mol. The van der Waals surface area contributed by atoms with Crippen LogP contribution in [0.25, 0.3) is 0 Å². The lowest BCUT2D eigenvalue weighted by Crippen LogP contribution is -2.32. The van der Waals surface area contributed by atoms with Gasteiger partial charge in [-0.15, -0.1) is 10.2 Å². The number of carbonyl (C=O) groups is 2. The fourth-order valence-electron chi connectivity index (χ4n) is 0.919. The van der Waals surface area contributed by atoms with Gasteiger partial charge < -0.3 is 10.2 Å². The molecule has 1 aromatic rings. The van der Waals surface area contributed by atoms with E-state index in [0.29, 0.717) is 6.54 Å². The number of H-pyrrole nitrogens is 1. The zero-order valence-corrected chi connectivity index (χ0v) is 8.52. The summed E-state index contributed by atoms with van der Waals surface area (Å²) in [5.41, 5.74) is 0. The van der Waals surface area contributed by atoms with Crippen LogP contribution in [-0.4, -0.2) is 58.0 Å². The van der Waals surface area contributed by atoms with Gasteiger partial charge in [-0.05, 0) is 5.21 Å². The molecule has 0 saturated heterocycles. The van der Waals surface area contributed by atoms with E-state index in [4.69, 9.17) is 0 Å². The Labute approximate surface area is 86.0 Å². The lowest BCUT2D eigenvalue weighted by molar-refractivity contribution is -0.120. The van der Waals surface area contributed by atoms with Gasteiger partial charge in [0.25, 0.3) is 11.7 Å². The first-order valence-electron chi connectivity index (χ1n) is 4.34. The van der Waals surface area contributed by atoms with Gasteiger partial charge in [0.2, 0.25) is 5.91 Å². The maximum atomic E-state index is 11.5. The fraction of sp³-hybridized carbons (Fsp3) is 0.571. The normalized spacial score (nSPS) is 9.73. The van der Waals surface area contributed by atoms with Crippen LogP contribution in [0.1, 0.15) is 17.0 Å². The Hall–Kier alpha value is -1.99. The van der Waals surface area contributed by atoms with Crippen molar-refractivity contribution in [3.8, 4) is 0 Å². The minimum absolute atomic E-state index is 0.00518. The minimum Gasteiger partial charge on any atom is -0.359 e. The van der Waals surface area contributed by atoms with Crippen molar-refractivity contribution in [2.45, 2.75) is 6.42 Å². The van der Waals surface area contributed by atoms with Crippen LogP contribution in [0.4, 0.5) is 0 Å². The molecule has 8 nitrogen and oxygen atoms in total. The molecule has 0 fully saturated rings. The fourth-order valence-corrected chi connectivity index (χ4v) is 0.919. The molecular weight excluding hydrogens is 200 g/mol. The van der Waals surface area contributed by atoms with E-state index in [1.165, 1.54) is 4.90 Å². The predicted octanol–water partition coefficient (Wildman–Crippen LogP) is -1.59. The Morgan fingerprint density at radius 2 is 2.27 bits per heavy atom. The number of tetrazole rings is 1. The topological polar surface area (TPSA) is 104 Å². The molecule has 0 radical (unpaired) electrons. The molecule has 0 unspecified atom stereocenters. The van der Waals surface area contributed by atoms with Gasteiger partial charge in [0.15, 0.2) is 0 Å². The van der Waals surface area contributed by atoms with Gasteiger partial charge >= 0.3 is 0 Å². The van der Waals surface area contributed by atoms with Crippen molar-refractivity contribution in [1.82, 2.24) is 30.8 Å². The quantitative estimate of drug-likeness (QED) is 0.626. The minimum atomic E-state index is -0.368. The Morgan fingerprint density at radius 1 is 1.53 bits per heavy atom. The second kappa shape index (κ2) is 5.03. The van der Waals surface area contributed by atoms with Crippen molar-refractivity contribution in [2.24, 2.45) is 0 Å². The van der Waals surface area contributed by atoms with E-state index in [0.717, 1.165) is 0 Å². The SMILES string of the molecule is CNC(=O)CCN(C)C(=O)c1nn[nH]n1. The van der Waals surface area contributed by atoms with E-state index in [2.05, 4.69) is 25.9 Å². The van der Waals surface area contributed by atoms with Crippen LogP contribution >= 0.6 is 0 Å². The van der Waals surface area contributed by atoms with Crippen LogP contribution in [0, 0.1) is 0 Å². The highest BCUT2D eigenvalue weighted by molar-refractivity contribution is 5.90. The molecule has 0 atom stereocenters. The first-order chi connectivity index (χ1) is 7.15. The number of amides is 2. The smallest absolute Gasteiger partial charge is 0.295 e. The molecule has 0 aliphatic heterocycles. The lowest BCUT2D eigenvalue weighted by atomic mass is 10.3. The van der Waals surface area contributed by atoms with Crippen LogP contribution in [-0.2, 0) is 4.79 Å². The summed E-state index contributed by atoms with van der Waals surface area (Å²) >= 11 is 0. The molecule has 1 aromatic heterocycles. The molecule has 0 aliphatic rings. The van der Waals surface area contributed by atoms with Gasteiger partial charge in [-0.2, -0.15) is 5.21 Å². The maximum Gasteiger partial charge on any atom is 0.295 e. The van der Waals surface area contributed by atoms with Crippen molar-refractivity contribution < 1.29 is 9.59 Å². The van der Waals surface area contributed by atoms with Gasteiger partial charge in [0.05, 0.1) is 0 Å². The number of carbonyl (C=O) groups excluding carboxylic acids is 2. The zero-order valence-electron chi connectivity index (χ0n) is 8.52. The van der Waals surface area contributed by atoms with E-state index >= 15 is 0 Å². The Balaban J connectivity index is 2.44. The van der Waals surface area contributed by atoms with E-state index in [1.807, 2.05) is 0 Å². The molecule has 2 N–H and O–H groups in total. The van der Waals surface area contributed by atoms with Crippen LogP contribution in [0.2, 0.25) is 0 Å². The summed E-state index contributed by atoms with van der Waals surface area (Å²) in [5, 5.41) is 15.0. The average molecular weight is 212 g/mol. The number of hydrogen-bond donors (Lipinski definition) is 2. The van der Waals surface area contributed by atoms with Gasteiger partial charge in [-0.25, -0.2) is 0 Å². The molecule has 1 rings (SSSR count). The average Bonchev–Trinajstić information content (AvgIpc) is 2.77. The number of rotatable bonds is 4. The lowest BCUT2D eigenvalue weighted by Gasteiger charge is -2.13. The molecule has 82 valence electrons. The van der Waals surface area contributed by atoms with Crippen LogP contribution < -0.4 is 5.32 Å². The highest BCUT2D eigenvalue weighted by atomic mass is 16.2. The molecule has 1 heterocycles. The van der Waals surface area contributed by atoms with Gasteiger partial charge in [0.1, 0.15) is 0 Å². The Kier molecular flexibility index (Phi) is 3.72. The van der Waals surface area contributed by atoms with Crippen molar-refractivity contribution in [3.63, 3.8) is 0 Å². The van der Waals surface area contributed by atoms with E-state index in [9.17, 15) is 9.59 Å². The molecule has 8 heteroatoms. The number of aromatic amines is 1. The van der Waals surface area contributed by atoms with Crippen molar-refractivity contribution in [2.75, 3.05) is 20.6 Å². The van der Waals surface area contributed by atoms with Gasteiger partial charge in [0, 0.05) is 27.1 Å². The van der Waals surface area contributed by atoms with Crippen molar-refractivity contribution in [3.05, 3.63) is 5.82 Å². The number of aromatic nitrogens is 4. The summed E-state index contributed by atoms with van der Waals surface area (Å²) in [6.45, 7) is 0.313. The molecule has 2 amide bonds. The zero-order chi connectivity index (χ0) is 11.3. The molecular formula is C7H12N6O2. The highest BCUT2D eigenvalue weighted by Gasteiger charge is 2.16.